The van der Waals surface area contributed by atoms with E-state index >= 15 is 0 Å². The third-order valence-corrected chi connectivity index (χ3v) is 2.95. The molecule has 7 heteroatoms. The van der Waals surface area contributed by atoms with Crippen molar-refractivity contribution < 1.29 is 0 Å². The Morgan fingerprint density at radius 3 is 2.93 bits per heavy atom. The molecule has 2 rings (SSSR count). The highest BCUT2D eigenvalue weighted by Crippen LogP contribution is 2.21. The third-order valence-electron chi connectivity index (χ3n) is 1.86. The van der Waals surface area contributed by atoms with Crippen LogP contribution in [-0.4, -0.2) is 20.2 Å². The fourth-order valence-electron chi connectivity index (χ4n) is 1.17. The van der Waals surface area contributed by atoms with Gasteiger partial charge in [0.2, 0.25) is 11.9 Å². The highest BCUT2D eigenvalue weighted by atomic mass is 32.1. The van der Waals surface area contributed by atoms with Gasteiger partial charge in [-0.25, -0.2) is 10.1 Å². The van der Waals surface area contributed by atoms with Gasteiger partial charge < -0.3 is 11.1 Å². The Balaban J connectivity index is 2.06. The van der Waals surface area contributed by atoms with Crippen molar-refractivity contribution in [3.63, 3.8) is 0 Å². The second-order valence-electron chi connectivity index (χ2n) is 3.22. The lowest BCUT2D eigenvalue weighted by Crippen LogP contribution is -2.07. The number of nitrogens with one attached hydrogen (secondary N) is 2. The fourth-order valence-corrected chi connectivity index (χ4v) is 1.94. The van der Waals surface area contributed by atoms with E-state index in [9.17, 15) is 0 Å². The molecule has 1 unspecified atom stereocenters. The van der Waals surface area contributed by atoms with Crippen molar-refractivity contribution in [2.24, 2.45) is 0 Å². The maximum absolute atomic E-state index is 5.41. The summed E-state index contributed by atoms with van der Waals surface area (Å²) < 4.78 is 0. The fraction of sp³-hybridized carbons (Fsp3) is 0.375. The summed E-state index contributed by atoms with van der Waals surface area (Å²) in [6.45, 7) is 4.03. The number of H-pyrrole nitrogens is 1. The zero-order valence-electron chi connectivity index (χ0n) is 8.48. The average molecular weight is 224 g/mol. The molecular formula is C8H12N6S. The van der Waals surface area contributed by atoms with E-state index in [-0.39, 0.29) is 6.04 Å². The molecule has 2 aromatic heterocycles. The number of rotatable bonds is 3. The summed E-state index contributed by atoms with van der Waals surface area (Å²) in [6, 6.07) is 0.0823. The Hall–Kier alpha value is -1.63. The lowest BCUT2D eigenvalue weighted by molar-refractivity contribution is 0.850. The quantitative estimate of drug-likeness (QED) is 0.731. The Morgan fingerprint density at radius 1 is 1.60 bits per heavy atom. The summed E-state index contributed by atoms with van der Waals surface area (Å²) in [7, 11) is 0. The summed E-state index contributed by atoms with van der Waals surface area (Å²) >= 11 is 1.65. The maximum atomic E-state index is 5.41. The predicted molar refractivity (Wildman–Crippen MR) is 59.7 cm³/mol. The molecule has 0 saturated carbocycles. The lowest BCUT2D eigenvalue weighted by atomic mass is 10.4. The van der Waals surface area contributed by atoms with Crippen molar-refractivity contribution in [3.05, 3.63) is 16.1 Å². The zero-order chi connectivity index (χ0) is 10.8. The molecular weight excluding hydrogens is 212 g/mol. The number of aromatic nitrogens is 4. The van der Waals surface area contributed by atoms with Crippen molar-refractivity contribution in [1.82, 2.24) is 20.2 Å². The summed E-state index contributed by atoms with van der Waals surface area (Å²) in [5.74, 6) is 0.799. The number of anilines is 2. The van der Waals surface area contributed by atoms with E-state index in [0.29, 0.717) is 11.9 Å². The van der Waals surface area contributed by atoms with Gasteiger partial charge in [-0.2, -0.15) is 4.98 Å². The smallest absolute Gasteiger partial charge is 0.244 e. The van der Waals surface area contributed by atoms with Crippen LogP contribution >= 0.6 is 11.3 Å². The zero-order valence-corrected chi connectivity index (χ0v) is 9.30. The molecule has 0 radical (unpaired) electrons. The second-order valence-corrected chi connectivity index (χ2v) is 4.49. The van der Waals surface area contributed by atoms with Gasteiger partial charge in [0.15, 0.2) is 0 Å². The van der Waals surface area contributed by atoms with E-state index in [1.807, 2.05) is 20.0 Å². The first-order chi connectivity index (χ1) is 7.15. The minimum atomic E-state index is 0.0823. The van der Waals surface area contributed by atoms with Crippen molar-refractivity contribution in [1.29, 1.82) is 0 Å². The molecule has 0 spiro atoms. The van der Waals surface area contributed by atoms with Gasteiger partial charge in [-0.1, -0.05) is 0 Å². The summed E-state index contributed by atoms with van der Waals surface area (Å²) in [4.78, 5) is 9.43. The normalized spacial score (nSPS) is 12.7. The third kappa shape index (κ3) is 2.24. The van der Waals surface area contributed by atoms with Crippen LogP contribution in [0.1, 0.15) is 22.9 Å². The van der Waals surface area contributed by atoms with Crippen molar-refractivity contribution >= 4 is 23.2 Å². The summed E-state index contributed by atoms with van der Waals surface area (Å²) in [6.07, 6.45) is 1.85. The first kappa shape index (κ1) is 9.91. The number of hydrogen-bond donors (Lipinski definition) is 3. The van der Waals surface area contributed by atoms with Crippen LogP contribution in [0.2, 0.25) is 0 Å². The number of nitrogens with two attached hydrogens (primary N) is 1. The van der Waals surface area contributed by atoms with Crippen molar-refractivity contribution in [2.75, 3.05) is 11.1 Å². The molecule has 0 aromatic carbocycles. The molecule has 0 amide bonds. The van der Waals surface area contributed by atoms with Crippen LogP contribution in [0.5, 0.6) is 0 Å². The number of nitrogens with zero attached hydrogens (tertiary/aromatic N) is 3. The van der Waals surface area contributed by atoms with E-state index in [1.165, 1.54) is 4.88 Å². The lowest BCUT2D eigenvalue weighted by Gasteiger charge is -2.07. The molecule has 6 nitrogen and oxygen atoms in total. The van der Waals surface area contributed by atoms with E-state index in [2.05, 4.69) is 25.5 Å². The molecule has 0 fully saturated rings. The number of thiazole rings is 1. The van der Waals surface area contributed by atoms with Crippen LogP contribution in [0.4, 0.5) is 11.9 Å². The number of nitrogen functional groups attached to an aromatic ring is 1. The SMILES string of the molecule is Cc1cnc(C(C)Nc2n[nH]c(N)n2)s1. The number of hydrogen-bond acceptors (Lipinski definition) is 6. The first-order valence-corrected chi connectivity index (χ1v) is 5.33. The summed E-state index contributed by atoms with van der Waals surface area (Å²) in [5.41, 5.74) is 5.41. The monoisotopic (exact) mass is 224 g/mol. The molecule has 4 N–H and O–H groups in total. The standard InChI is InChI=1S/C8H12N6S/c1-4-3-10-6(15-4)5(2)11-8-12-7(9)13-14-8/h3,5H,1-2H3,(H4,9,11,12,13,14). The minimum absolute atomic E-state index is 0.0823. The van der Waals surface area contributed by atoms with Crippen LogP contribution in [0, 0.1) is 6.92 Å². The van der Waals surface area contributed by atoms with Crippen molar-refractivity contribution in [2.45, 2.75) is 19.9 Å². The van der Waals surface area contributed by atoms with E-state index in [1.54, 1.807) is 11.3 Å². The minimum Gasteiger partial charge on any atom is -0.368 e. The van der Waals surface area contributed by atoms with E-state index in [4.69, 9.17) is 5.73 Å². The molecule has 80 valence electrons. The van der Waals surface area contributed by atoms with Gasteiger partial charge >= 0.3 is 0 Å². The summed E-state index contributed by atoms with van der Waals surface area (Å²) in [5, 5.41) is 10.6. The molecule has 0 aliphatic heterocycles. The molecule has 2 heterocycles. The van der Waals surface area contributed by atoms with Gasteiger partial charge in [0, 0.05) is 11.1 Å². The van der Waals surface area contributed by atoms with Crippen LogP contribution in [0.3, 0.4) is 0 Å². The van der Waals surface area contributed by atoms with Crippen LogP contribution in [0.15, 0.2) is 6.20 Å². The second kappa shape index (κ2) is 3.85. The van der Waals surface area contributed by atoms with Gasteiger partial charge in [-0.05, 0) is 13.8 Å². The van der Waals surface area contributed by atoms with Gasteiger partial charge in [0.25, 0.3) is 0 Å². The van der Waals surface area contributed by atoms with E-state index in [0.717, 1.165) is 5.01 Å². The number of aryl methyl sites for hydroxylation is 1. The molecule has 2 aromatic rings. The Kier molecular flexibility index (Phi) is 2.55. The molecule has 0 bridgehead atoms. The van der Waals surface area contributed by atoms with E-state index < -0.39 is 0 Å². The van der Waals surface area contributed by atoms with Gasteiger partial charge in [0.05, 0.1) is 6.04 Å². The Labute approximate surface area is 90.9 Å². The first-order valence-electron chi connectivity index (χ1n) is 4.52. The number of aromatic amines is 1. The molecule has 15 heavy (non-hydrogen) atoms. The highest BCUT2D eigenvalue weighted by Gasteiger charge is 2.11. The molecule has 0 saturated heterocycles. The van der Waals surface area contributed by atoms with Crippen molar-refractivity contribution in [3.8, 4) is 0 Å². The van der Waals surface area contributed by atoms with Crippen LogP contribution in [0.25, 0.3) is 0 Å². The van der Waals surface area contributed by atoms with Gasteiger partial charge in [0.1, 0.15) is 5.01 Å². The van der Waals surface area contributed by atoms with Crippen LogP contribution < -0.4 is 11.1 Å². The Morgan fingerprint density at radius 2 is 2.40 bits per heavy atom. The van der Waals surface area contributed by atoms with Crippen LogP contribution in [-0.2, 0) is 0 Å². The van der Waals surface area contributed by atoms with Gasteiger partial charge in [-0.3, -0.25) is 0 Å². The topological polar surface area (TPSA) is 92.5 Å². The Bertz CT molecular complexity index is 447. The average Bonchev–Trinajstić information content (AvgIpc) is 2.75. The highest BCUT2D eigenvalue weighted by molar-refractivity contribution is 7.11. The maximum Gasteiger partial charge on any atom is 0.244 e. The van der Waals surface area contributed by atoms with Gasteiger partial charge in [-0.15, -0.1) is 16.4 Å². The largest absolute Gasteiger partial charge is 0.368 e. The molecule has 0 aliphatic carbocycles. The predicted octanol–water partition coefficient (Wildman–Crippen LogP) is 1.32. The molecule has 0 aliphatic rings. The molecule has 1 atom stereocenters.